The Bertz CT molecular complexity index is 263. The molecule has 0 aliphatic rings. The highest BCUT2D eigenvalue weighted by Gasteiger charge is 2.16. The summed E-state index contributed by atoms with van der Waals surface area (Å²) >= 11 is 0. The van der Waals surface area contributed by atoms with Gasteiger partial charge in [0.25, 0.3) is 0 Å². The van der Waals surface area contributed by atoms with Crippen LogP contribution in [0, 0.1) is 0 Å². The van der Waals surface area contributed by atoms with Crippen LogP contribution in [0.1, 0.15) is 13.8 Å². The summed E-state index contributed by atoms with van der Waals surface area (Å²) in [5, 5.41) is 7.64. The maximum absolute atomic E-state index is 9.74. The molecule has 0 aromatic heterocycles. The minimum atomic E-state index is -4.57. The van der Waals surface area contributed by atoms with Crippen LogP contribution in [-0.2, 0) is 23.5 Å². The first-order valence-corrected chi connectivity index (χ1v) is 4.59. The molecular formula is C5H9O8P. The van der Waals surface area contributed by atoms with E-state index in [2.05, 4.69) is 4.52 Å². The van der Waals surface area contributed by atoms with Crippen molar-refractivity contribution in [3.8, 4) is 0 Å². The first-order valence-electron chi connectivity index (χ1n) is 3.06. The molecule has 0 aromatic carbocycles. The van der Waals surface area contributed by atoms with Crippen molar-refractivity contribution in [1.29, 1.82) is 0 Å². The number of carbonyl (C=O) groups is 3. The predicted octanol–water partition coefficient (Wildman–Crippen LogP) is -0.698. The maximum Gasteiger partial charge on any atom is 0.526 e. The van der Waals surface area contributed by atoms with Crippen molar-refractivity contribution in [2.24, 2.45) is 0 Å². The molecular weight excluding hydrogens is 219 g/mol. The number of hydrogen-bond acceptors (Lipinski definition) is 5. The van der Waals surface area contributed by atoms with Gasteiger partial charge in [0.1, 0.15) is 0 Å². The fourth-order valence-corrected chi connectivity index (χ4v) is 0.502. The van der Waals surface area contributed by atoms with E-state index < -0.39 is 25.5 Å². The number of phosphoric ester groups is 1. The Balaban J connectivity index is 0. The molecule has 0 aromatic rings. The van der Waals surface area contributed by atoms with E-state index >= 15 is 0 Å². The number of hydrogen-bond donors (Lipinski definition) is 3. The second kappa shape index (κ2) is 6.25. The van der Waals surface area contributed by atoms with Crippen LogP contribution in [0.15, 0.2) is 0 Å². The lowest BCUT2D eigenvalue weighted by Crippen LogP contribution is -2.05. The van der Waals surface area contributed by atoms with Crippen LogP contribution in [0.2, 0.25) is 0 Å². The van der Waals surface area contributed by atoms with Gasteiger partial charge in [0, 0.05) is 13.8 Å². The molecule has 0 rings (SSSR count). The highest BCUT2D eigenvalue weighted by molar-refractivity contribution is 7.46. The third-order valence-electron chi connectivity index (χ3n) is 0.549. The lowest BCUT2D eigenvalue weighted by molar-refractivity contribution is -0.148. The summed E-state index contributed by atoms with van der Waals surface area (Å²) in [5.74, 6) is -3.19. The Morgan fingerprint density at radius 2 is 1.43 bits per heavy atom. The Labute approximate surface area is 78.7 Å². The number of Topliss-reactive ketones (excluding diaryl/α,β-unsaturated/α-hetero) is 1. The van der Waals surface area contributed by atoms with Gasteiger partial charge in [-0.15, -0.1) is 0 Å². The number of ketones is 1. The smallest absolute Gasteiger partial charge is 0.476 e. The largest absolute Gasteiger partial charge is 0.526 e. The number of phosphoric acid groups is 1. The summed E-state index contributed by atoms with van der Waals surface area (Å²) in [4.78, 5) is 44.4. The van der Waals surface area contributed by atoms with Gasteiger partial charge in [-0.05, 0) is 0 Å². The van der Waals surface area contributed by atoms with Crippen molar-refractivity contribution < 1.29 is 38.4 Å². The zero-order valence-electron chi connectivity index (χ0n) is 7.33. The van der Waals surface area contributed by atoms with E-state index in [1.807, 2.05) is 0 Å². The van der Waals surface area contributed by atoms with Crippen molar-refractivity contribution in [3.63, 3.8) is 0 Å². The number of rotatable bonds is 2. The SMILES string of the molecule is CC(=O)C(=O)O.CC(=O)OP(=O)(O)O. The van der Waals surface area contributed by atoms with Crippen molar-refractivity contribution in [2.45, 2.75) is 13.8 Å². The molecule has 9 heteroatoms. The fraction of sp³-hybridized carbons (Fsp3) is 0.400. The lowest BCUT2D eigenvalue weighted by Gasteiger charge is -1.98. The molecule has 0 aliphatic heterocycles. The molecule has 0 spiro atoms. The second-order valence-electron chi connectivity index (χ2n) is 1.93. The Hall–Kier alpha value is -1.24. The zero-order chi connectivity index (χ0) is 11.9. The highest BCUT2D eigenvalue weighted by atomic mass is 31.2. The van der Waals surface area contributed by atoms with Gasteiger partial charge in [0.15, 0.2) is 0 Å². The first-order chi connectivity index (χ1) is 6.06. The number of carbonyl (C=O) groups excluding carboxylic acids is 2. The van der Waals surface area contributed by atoms with E-state index in [1.54, 1.807) is 0 Å². The molecule has 0 bridgehead atoms. The fourth-order valence-electron chi connectivity index (χ4n) is 0.167. The van der Waals surface area contributed by atoms with Crippen molar-refractivity contribution in [3.05, 3.63) is 0 Å². The van der Waals surface area contributed by atoms with Crippen molar-refractivity contribution in [1.82, 2.24) is 0 Å². The summed E-state index contributed by atoms with van der Waals surface area (Å²) < 4.78 is 13.2. The molecule has 0 heterocycles. The van der Waals surface area contributed by atoms with E-state index in [0.717, 1.165) is 13.8 Å². The summed E-state index contributed by atoms with van der Waals surface area (Å²) in [6, 6.07) is 0. The number of carboxylic acids is 1. The molecule has 0 amide bonds. The molecule has 0 saturated heterocycles. The van der Waals surface area contributed by atoms with Crippen molar-refractivity contribution in [2.75, 3.05) is 0 Å². The summed E-state index contributed by atoms with van der Waals surface area (Å²) in [6.45, 7) is 1.92. The molecule has 0 aliphatic carbocycles. The molecule has 14 heavy (non-hydrogen) atoms. The minimum absolute atomic E-state index is 0.824. The molecule has 0 saturated carbocycles. The molecule has 0 atom stereocenters. The lowest BCUT2D eigenvalue weighted by atomic mass is 10.5. The molecule has 0 fully saturated rings. The average molecular weight is 228 g/mol. The van der Waals surface area contributed by atoms with Gasteiger partial charge < -0.3 is 9.63 Å². The quantitative estimate of drug-likeness (QED) is 0.416. The molecule has 82 valence electrons. The predicted molar refractivity (Wildman–Crippen MR) is 42.1 cm³/mol. The van der Waals surface area contributed by atoms with E-state index in [1.165, 1.54) is 0 Å². The van der Waals surface area contributed by atoms with E-state index in [0.29, 0.717) is 0 Å². The maximum atomic E-state index is 9.74. The Kier molecular flexibility index (Phi) is 6.80. The third-order valence-corrected chi connectivity index (χ3v) is 1.04. The number of carboxylic acid groups (broad SMARTS) is 1. The standard InChI is InChI=1S/C3H4O3.C2H5O5P/c1-2(4)3(5)6;1-2(3)7-8(4,5)6/h1H3,(H,5,6);1H3,(H2,4,5,6). The van der Waals surface area contributed by atoms with Gasteiger partial charge in [0.2, 0.25) is 5.78 Å². The van der Waals surface area contributed by atoms with Crippen LogP contribution >= 0.6 is 7.82 Å². The normalized spacial score (nSPS) is 9.43. The van der Waals surface area contributed by atoms with Crippen LogP contribution in [0.25, 0.3) is 0 Å². The monoisotopic (exact) mass is 228 g/mol. The van der Waals surface area contributed by atoms with E-state index in [9.17, 15) is 18.9 Å². The Morgan fingerprint density at radius 1 is 1.14 bits per heavy atom. The molecule has 0 unspecified atom stereocenters. The average Bonchev–Trinajstić information content (AvgIpc) is 1.81. The Morgan fingerprint density at radius 3 is 1.43 bits per heavy atom. The van der Waals surface area contributed by atoms with Gasteiger partial charge in [-0.3, -0.25) is 19.4 Å². The first kappa shape index (κ1) is 15.2. The minimum Gasteiger partial charge on any atom is -0.476 e. The third kappa shape index (κ3) is 17.0. The van der Waals surface area contributed by atoms with Gasteiger partial charge in [-0.2, -0.15) is 0 Å². The number of aliphatic carboxylic acids is 1. The second-order valence-corrected chi connectivity index (χ2v) is 3.10. The van der Waals surface area contributed by atoms with Gasteiger partial charge >= 0.3 is 19.8 Å². The summed E-state index contributed by atoms with van der Waals surface area (Å²) in [6.07, 6.45) is 0. The highest BCUT2D eigenvalue weighted by Crippen LogP contribution is 2.35. The van der Waals surface area contributed by atoms with Crippen molar-refractivity contribution >= 4 is 25.5 Å². The molecule has 3 N–H and O–H groups in total. The van der Waals surface area contributed by atoms with Crippen LogP contribution in [0.5, 0.6) is 0 Å². The van der Waals surface area contributed by atoms with Crippen LogP contribution in [0.4, 0.5) is 0 Å². The summed E-state index contributed by atoms with van der Waals surface area (Å²) in [7, 11) is -4.57. The van der Waals surface area contributed by atoms with Gasteiger partial charge in [-0.1, -0.05) is 0 Å². The van der Waals surface area contributed by atoms with Crippen LogP contribution in [-0.4, -0.2) is 32.6 Å². The van der Waals surface area contributed by atoms with Crippen LogP contribution in [0.3, 0.4) is 0 Å². The summed E-state index contributed by atoms with van der Waals surface area (Å²) in [5.41, 5.74) is 0. The van der Waals surface area contributed by atoms with E-state index in [-0.39, 0.29) is 0 Å². The molecule has 8 nitrogen and oxygen atoms in total. The zero-order valence-corrected chi connectivity index (χ0v) is 8.22. The van der Waals surface area contributed by atoms with E-state index in [4.69, 9.17) is 14.9 Å². The molecule has 0 radical (unpaired) electrons. The van der Waals surface area contributed by atoms with Gasteiger partial charge in [0.05, 0.1) is 0 Å². The van der Waals surface area contributed by atoms with Crippen LogP contribution < -0.4 is 0 Å². The van der Waals surface area contributed by atoms with Gasteiger partial charge in [-0.25, -0.2) is 9.36 Å². The topological polar surface area (TPSA) is 138 Å².